The predicted octanol–water partition coefficient (Wildman–Crippen LogP) is 4.95. The monoisotopic (exact) mass is 398 g/mol. The molecule has 0 saturated heterocycles. The van der Waals surface area contributed by atoms with Crippen LogP contribution in [-0.4, -0.2) is 35.1 Å². The first-order valence-electron chi connectivity index (χ1n) is 11.2. The van der Waals surface area contributed by atoms with Crippen LogP contribution in [-0.2, 0) is 4.74 Å². The van der Waals surface area contributed by atoms with Crippen LogP contribution in [0.5, 0.6) is 0 Å². The summed E-state index contributed by atoms with van der Waals surface area (Å²) in [6.45, 7) is 13.3. The Kier molecular flexibility index (Phi) is 6.78. The van der Waals surface area contributed by atoms with Crippen LogP contribution in [0, 0.1) is 28.6 Å². The van der Waals surface area contributed by atoms with Gasteiger partial charge in [-0.2, -0.15) is 0 Å². The quantitative estimate of drug-likeness (QED) is 0.662. The zero-order chi connectivity index (χ0) is 21.2. The molecule has 2 N–H and O–H groups in total. The van der Waals surface area contributed by atoms with E-state index in [0.29, 0.717) is 25.4 Å². The third-order valence-electron chi connectivity index (χ3n) is 6.96. The molecule has 0 spiro atoms. The second-order valence-corrected chi connectivity index (χ2v) is 10.4. The second kappa shape index (κ2) is 8.80. The lowest BCUT2D eigenvalue weighted by Gasteiger charge is -2.41. The molecule has 3 aliphatic rings. The third kappa shape index (κ3) is 5.23. The molecule has 5 atom stereocenters. The van der Waals surface area contributed by atoms with Gasteiger partial charge < -0.3 is 14.9 Å². The van der Waals surface area contributed by atoms with Gasteiger partial charge in [-0.3, -0.25) is 0 Å². The van der Waals surface area contributed by atoms with Gasteiger partial charge >= 0.3 is 0 Å². The van der Waals surface area contributed by atoms with Crippen LogP contribution in [0.1, 0.15) is 72.6 Å². The van der Waals surface area contributed by atoms with Gasteiger partial charge in [0.25, 0.3) is 0 Å². The maximum atomic E-state index is 10.1. The Morgan fingerprint density at radius 2 is 2.00 bits per heavy atom. The van der Waals surface area contributed by atoms with Crippen LogP contribution in [0.3, 0.4) is 0 Å². The van der Waals surface area contributed by atoms with E-state index < -0.39 is 12.2 Å². The lowest BCUT2D eigenvalue weighted by molar-refractivity contribution is -0.0200. The van der Waals surface area contributed by atoms with E-state index in [2.05, 4.69) is 58.3 Å². The number of aliphatic hydroxyl groups is 2. The van der Waals surface area contributed by atoms with Crippen molar-refractivity contribution in [2.75, 3.05) is 6.61 Å². The summed E-state index contributed by atoms with van der Waals surface area (Å²) >= 11 is 0. The number of rotatable bonds is 3. The van der Waals surface area contributed by atoms with Crippen molar-refractivity contribution in [3.8, 4) is 11.8 Å². The van der Waals surface area contributed by atoms with E-state index in [1.54, 1.807) is 0 Å². The van der Waals surface area contributed by atoms with E-state index in [4.69, 9.17) is 4.74 Å². The smallest absolute Gasteiger partial charge is 0.108 e. The molecule has 0 aromatic rings. The molecule has 0 bridgehead atoms. The Hall–Kier alpha value is -1.34. The maximum absolute atomic E-state index is 10.1. The zero-order valence-corrected chi connectivity index (χ0v) is 18.6. The lowest BCUT2D eigenvalue weighted by atomic mass is 9.66. The van der Waals surface area contributed by atoms with Gasteiger partial charge in [0.05, 0.1) is 18.3 Å². The van der Waals surface area contributed by atoms with Gasteiger partial charge in [-0.05, 0) is 76.4 Å². The molecule has 0 amide bonds. The number of hydrogen-bond acceptors (Lipinski definition) is 3. The van der Waals surface area contributed by atoms with Gasteiger partial charge in [-0.25, -0.2) is 0 Å². The standard InChI is InChI=1S/C26H38O3/c1-18-20(16-21(27)17-23(18)28)10-9-19-8-6-14-26(5)22(19)11-12-24(26)29-15-7-13-25(2,3)4/h9-10,21-24,27-28H,1,6,8,11-12,14-17H2,2-5H3/b19-9+,20-10-/t21-,22+,23+,24+,26+/m1/s1. The summed E-state index contributed by atoms with van der Waals surface area (Å²) in [7, 11) is 0. The van der Waals surface area contributed by atoms with Crippen molar-refractivity contribution in [2.45, 2.75) is 91.0 Å². The van der Waals surface area contributed by atoms with Crippen molar-refractivity contribution < 1.29 is 14.9 Å². The average Bonchev–Trinajstić information content (AvgIpc) is 2.96. The van der Waals surface area contributed by atoms with Crippen LogP contribution < -0.4 is 0 Å². The van der Waals surface area contributed by atoms with Crippen molar-refractivity contribution in [2.24, 2.45) is 16.7 Å². The van der Waals surface area contributed by atoms with Gasteiger partial charge in [-0.15, -0.1) is 0 Å². The second-order valence-electron chi connectivity index (χ2n) is 10.4. The molecule has 0 heterocycles. The SMILES string of the molecule is C=C1/C(=C\C=C2/CCC[C@]3(C)[C@@H](OCC#CC(C)(C)C)CC[C@@H]23)C[C@@H](O)C[C@@H]1O. The predicted molar refractivity (Wildman–Crippen MR) is 118 cm³/mol. The van der Waals surface area contributed by atoms with Crippen LogP contribution in [0.2, 0.25) is 0 Å². The van der Waals surface area contributed by atoms with Gasteiger partial charge in [-0.1, -0.05) is 43.1 Å². The fraction of sp³-hybridized carbons (Fsp3) is 0.692. The molecule has 29 heavy (non-hydrogen) atoms. The molecule has 0 aromatic carbocycles. The number of hydrogen-bond donors (Lipinski definition) is 2. The van der Waals surface area contributed by atoms with E-state index in [9.17, 15) is 10.2 Å². The van der Waals surface area contributed by atoms with Gasteiger partial charge in [0.15, 0.2) is 0 Å². The van der Waals surface area contributed by atoms with Crippen LogP contribution in [0.25, 0.3) is 0 Å². The van der Waals surface area contributed by atoms with Crippen LogP contribution >= 0.6 is 0 Å². The van der Waals surface area contributed by atoms with Crippen molar-refractivity contribution in [3.05, 3.63) is 35.5 Å². The van der Waals surface area contributed by atoms with E-state index in [-0.39, 0.29) is 16.9 Å². The molecule has 160 valence electrons. The Balaban J connectivity index is 1.70. The molecule has 0 unspecified atom stereocenters. The number of fused-ring (bicyclic) bond motifs is 1. The highest BCUT2D eigenvalue weighted by atomic mass is 16.5. The summed E-state index contributed by atoms with van der Waals surface area (Å²) in [5, 5.41) is 20.1. The minimum absolute atomic E-state index is 0.0179. The minimum Gasteiger partial charge on any atom is -0.393 e. The molecule has 0 aromatic heterocycles. The highest BCUT2D eigenvalue weighted by Crippen LogP contribution is 2.55. The molecule has 0 aliphatic heterocycles. The summed E-state index contributed by atoms with van der Waals surface area (Å²) in [6.07, 6.45) is 10.2. The maximum Gasteiger partial charge on any atom is 0.108 e. The van der Waals surface area contributed by atoms with Crippen LogP contribution in [0.15, 0.2) is 35.5 Å². The van der Waals surface area contributed by atoms with Crippen molar-refractivity contribution in [1.82, 2.24) is 0 Å². The normalized spacial score (nSPS) is 38.1. The van der Waals surface area contributed by atoms with Crippen LogP contribution in [0.4, 0.5) is 0 Å². The van der Waals surface area contributed by atoms with Crippen molar-refractivity contribution in [3.63, 3.8) is 0 Å². The van der Waals surface area contributed by atoms with E-state index in [1.165, 1.54) is 18.4 Å². The molecule has 3 rings (SSSR count). The van der Waals surface area contributed by atoms with E-state index in [0.717, 1.165) is 30.4 Å². The fourth-order valence-corrected chi connectivity index (χ4v) is 5.38. The topological polar surface area (TPSA) is 49.7 Å². The van der Waals surface area contributed by atoms with Gasteiger partial charge in [0, 0.05) is 17.3 Å². The lowest BCUT2D eigenvalue weighted by Crippen LogP contribution is -2.37. The number of ether oxygens (including phenoxy) is 1. The molecule has 3 saturated carbocycles. The average molecular weight is 399 g/mol. The minimum atomic E-state index is -0.626. The number of aliphatic hydroxyl groups excluding tert-OH is 2. The zero-order valence-electron chi connectivity index (χ0n) is 18.6. The molecule has 3 nitrogen and oxygen atoms in total. The summed E-state index contributed by atoms with van der Waals surface area (Å²) in [4.78, 5) is 0. The largest absolute Gasteiger partial charge is 0.393 e. The fourth-order valence-electron chi connectivity index (χ4n) is 5.38. The summed E-state index contributed by atoms with van der Waals surface area (Å²) in [5.74, 6) is 7.01. The molecule has 3 fully saturated rings. The first-order valence-corrected chi connectivity index (χ1v) is 11.2. The Bertz CT molecular complexity index is 742. The first kappa shape index (κ1) is 22.3. The summed E-state index contributed by atoms with van der Waals surface area (Å²) in [5.41, 5.74) is 3.43. The molecular weight excluding hydrogens is 360 g/mol. The van der Waals surface area contributed by atoms with Crippen molar-refractivity contribution in [1.29, 1.82) is 0 Å². The van der Waals surface area contributed by atoms with Crippen molar-refractivity contribution >= 4 is 0 Å². The highest BCUT2D eigenvalue weighted by molar-refractivity contribution is 5.38. The Labute approximate surface area is 176 Å². The molecule has 0 radical (unpaired) electrons. The Morgan fingerprint density at radius 1 is 1.24 bits per heavy atom. The van der Waals surface area contributed by atoms with Gasteiger partial charge in [0.2, 0.25) is 0 Å². The van der Waals surface area contributed by atoms with E-state index in [1.807, 2.05) is 0 Å². The first-order chi connectivity index (χ1) is 13.6. The summed E-state index contributed by atoms with van der Waals surface area (Å²) < 4.78 is 6.26. The molecular formula is C26H38O3. The number of allylic oxidation sites excluding steroid dienone is 3. The van der Waals surface area contributed by atoms with E-state index >= 15 is 0 Å². The summed E-state index contributed by atoms with van der Waals surface area (Å²) in [6, 6.07) is 0. The third-order valence-corrected chi connectivity index (χ3v) is 6.96. The van der Waals surface area contributed by atoms with Gasteiger partial charge in [0.1, 0.15) is 6.61 Å². The molecule has 3 aliphatic carbocycles. The highest BCUT2D eigenvalue weighted by Gasteiger charge is 2.49. The molecule has 3 heteroatoms. The Morgan fingerprint density at radius 3 is 2.72 bits per heavy atom.